The maximum absolute atomic E-state index is 5.98. The molecule has 0 heterocycles. The molecule has 2 N–H and O–H groups in total. The van der Waals surface area contributed by atoms with Crippen LogP contribution < -0.4 is 15.2 Å². The Kier molecular flexibility index (Phi) is 4.64. The van der Waals surface area contributed by atoms with Crippen LogP contribution in [-0.4, -0.2) is 7.11 Å². The third-order valence-electron chi connectivity index (χ3n) is 3.19. The molecule has 0 aliphatic rings. The molecule has 0 fully saturated rings. The lowest BCUT2D eigenvalue weighted by Gasteiger charge is -2.15. The summed E-state index contributed by atoms with van der Waals surface area (Å²) in [5, 5.41) is 0. The lowest BCUT2D eigenvalue weighted by molar-refractivity contribution is 0.300. The molecule has 0 aliphatic carbocycles. The van der Waals surface area contributed by atoms with E-state index in [2.05, 4.69) is 6.07 Å². The highest BCUT2D eigenvalue weighted by molar-refractivity contribution is 5.39. The molecule has 0 aromatic heterocycles. The number of benzene rings is 2. The predicted molar refractivity (Wildman–Crippen MR) is 81.1 cm³/mol. The predicted octanol–water partition coefficient (Wildman–Crippen LogP) is 3.60. The average molecular weight is 271 g/mol. The molecule has 0 radical (unpaired) electrons. The summed E-state index contributed by atoms with van der Waals surface area (Å²) in [6, 6.07) is 13.9. The maximum atomic E-state index is 5.98. The van der Waals surface area contributed by atoms with Crippen molar-refractivity contribution in [2.75, 3.05) is 7.11 Å². The zero-order chi connectivity index (χ0) is 14.5. The molecule has 1 unspecified atom stereocenters. The molecule has 1 atom stereocenters. The Hall–Kier alpha value is -2.00. The highest BCUT2D eigenvalue weighted by atomic mass is 16.5. The number of rotatable bonds is 5. The Morgan fingerprint density at radius 1 is 1.15 bits per heavy atom. The van der Waals surface area contributed by atoms with Gasteiger partial charge in [-0.25, -0.2) is 0 Å². The summed E-state index contributed by atoms with van der Waals surface area (Å²) < 4.78 is 11.1. The summed E-state index contributed by atoms with van der Waals surface area (Å²) >= 11 is 0. The van der Waals surface area contributed by atoms with Gasteiger partial charge in [-0.1, -0.05) is 24.3 Å². The minimum atomic E-state index is -0.0455. The summed E-state index contributed by atoms with van der Waals surface area (Å²) in [7, 11) is 1.66. The molecule has 2 rings (SSSR count). The molecule has 0 bridgehead atoms. The molecule has 106 valence electrons. The van der Waals surface area contributed by atoms with Gasteiger partial charge in [-0.05, 0) is 43.2 Å². The highest BCUT2D eigenvalue weighted by Gasteiger charge is 2.08. The molecule has 2 aromatic carbocycles. The summed E-state index contributed by atoms with van der Waals surface area (Å²) in [4.78, 5) is 0. The standard InChI is InChI=1S/C17H21NO2/c1-12-7-8-16(13(2)18)17(9-12)20-11-14-5-4-6-15(10-14)19-3/h4-10,13H,11,18H2,1-3H3. The van der Waals surface area contributed by atoms with Crippen LogP contribution in [0, 0.1) is 6.92 Å². The van der Waals surface area contributed by atoms with Gasteiger partial charge in [0.25, 0.3) is 0 Å². The van der Waals surface area contributed by atoms with E-state index in [0.29, 0.717) is 6.61 Å². The van der Waals surface area contributed by atoms with Crippen LogP contribution in [0.5, 0.6) is 11.5 Å². The van der Waals surface area contributed by atoms with Crippen LogP contribution in [0.2, 0.25) is 0 Å². The molecule has 0 saturated heterocycles. The van der Waals surface area contributed by atoms with Crippen LogP contribution in [0.3, 0.4) is 0 Å². The fourth-order valence-corrected chi connectivity index (χ4v) is 2.07. The summed E-state index contributed by atoms with van der Waals surface area (Å²) in [5.41, 5.74) is 9.24. The Morgan fingerprint density at radius 3 is 2.65 bits per heavy atom. The van der Waals surface area contributed by atoms with Crippen molar-refractivity contribution in [1.29, 1.82) is 0 Å². The van der Waals surface area contributed by atoms with Crippen molar-refractivity contribution in [2.45, 2.75) is 26.5 Å². The van der Waals surface area contributed by atoms with E-state index in [1.807, 2.05) is 50.2 Å². The zero-order valence-electron chi connectivity index (χ0n) is 12.2. The maximum Gasteiger partial charge on any atom is 0.124 e. The Labute approximate surface area is 120 Å². The summed E-state index contributed by atoms with van der Waals surface area (Å²) in [6.07, 6.45) is 0. The van der Waals surface area contributed by atoms with E-state index in [4.69, 9.17) is 15.2 Å². The van der Waals surface area contributed by atoms with Crippen molar-refractivity contribution in [3.63, 3.8) is 0 Å². The molecular formula is C17H21NO2. The van der Waals surface area contributed by atoms with Gasteiger partial charge in [0.2, 0.25) is 0 Å². The molecule has 0 amide bonds. The first-order valence-corrected chi connectivity index (χ1v) is 6.72. The van der Waals surface area contributed by atoms with Gasteiger partial charge in [0.05, 0.1) is 7.11 Å². The van der Waals surface area contributed by atoms with Crippen LogP contribution in [0.4, 0.5) is 0 Å². The van der Waals surface area contributed by atoms with E-state index >= 15 is 0 Å². The number of aryl methyl sites for hydroxylation is 1. The van der Waals surface area contributed by atoms with E-state index in [9.17, 15) is 0 Å². The van der Waals surface area contributed by atoms with Gasteiger partial charge in [-0.2, -0.15) is 0 Å². The molecule has 0 aliphatic heterocycles. The molecule has 3 nitrogen and oxygen atoms in total. The summed E-state index contributed by atoms with van der Waals surface area (Å²) in [6.45, 7) is 4.51. The number of ether oxygens (including phenoxy) is 2. The van der Waals surface area contributed by atoms with Gasteiger partial charge in [0.15, 0.2) is 0 Å². The molecule has 20 heavy (non-hydrogen) atoms. The topological polar surface area (TPSA) is 44.5 Å². The minimum Gasteiger partial charge on any atom is -0.497 e. The number of methoxy groups -OCH3 is 1. The van der Waals surface area contributed by atoms with Crippen molar-refractivity contribution in [1.82, 2.24) is 0 Å². The SMILES string of the molecule is COc1cccc(COc2cc(C)ccc2C(C)N)c1. The normalized spacial score (nSPS) is 12.0. The second-order valence-electron chi connectivity index (χ2n) is 4.97. The van der Waals surface area contributed by atoms with E-state index < -0.39 is 0 Å². The van der Waals surface area contributed by atoms with Gasteiger partial charge in [-0.3, -0.25) is 0 Å². The van der Waals surface area contributed by atoms with Gasteiger partial charge >= 0.3 is 0 Å². The number of hydrogen-bond donors (Lipinski definition) is 1. The fourth-order valence-electron chi connectivity index (χ4n) is 2.07. The van der Waals surface area contributed by atoms with Gasteiger partial charge in [0, 0.05) is 11.6 Å². The zero-order valence-corrected chi connectivity index (χ0v) is 12.2. The van der Waals surface area contributed by atoms with Crippen LogP contribution in [0.15, 0.2) is 42.5 Å². The van der Waals surface area contributed by atoms with Gasteiger partial charge < -0.3 is 15.2 Å². The van der Waals surface area contributed by atoms with Crippen molar-refractivity contribution in [3.8, 4) is 11.5 Å². The van der Waals surface area contributed by atoms with E-state index in [1.165, 1.54) is 0 Å². The third kappa shape index (κ3) is 3.52. The van der Waals surface area contributed by atoms with Crippen molar-refractivity contribution in [3.05, 3.63) is 59.2 Å². The lowest BCUT2D eigenvalue weighted by Crippen LogP contribution is -2.08. The van der Waals surface area contributed by atoms with Crippen LogP contribution in [0.25, 0.3) is 0 Å². The van der Waals surface area contributed by atoms with Crippen molar-refractivity contribution >= 4 is 0 Å². The molecule has 3 heteroatoms. The van der Waals surface area contributed by atoms with Crippen LogP contribution in [0.1, 0.15) is 29.7 Å². The lowest BCUT2D eigenvalue weighted by atomic mass is 10.1. The Balaban J connectivity index is 2.15. The van der Waals surface area contributed by atoms with E-state index in [1.54, 1.807) is 7.11 Å². The smallest absolute Gasteiger partial charge is 0.124 e. The van der Waals surface area contributed by atoms with Crippen LogP contribution in [-0.2, 0) is 6.61 Å². The largest absolute Gasteiger partial charge is 0.497 e. The van der Waals surface area contributed by atoms with Crippen molar-refractivity contribution < 1.29 is 9.47 Å². The van der Waals surface area contributed by atoms with E-state index in [-0.39, 0.29) is 6.04 Å². The minimum absolute atomic E-state index is 0.0455. The first-order valence-electron chi connectivity index (χ1n) is 6.72. The van der Waals surface area contributed by atoms with Gasteiger partial charge in [0.1, 0.15) is 18.1 Å². The monoisotopic (exact) mass is 271 g/mol. The number of hydrogen-bond acceptors (Lipinski definition) is 3. The van der Waals surface area contributed by atoms with Gasteiger partial charge in [-0.15, -0.1) is 0 Å². The first-order chi connectivity index (χ1) is 9.60. The third-order valence-corrected chi connectivity index (χ3v) is 3.19. The molecule has 0 saturated carbocycles. The first kappa shape index (κ1) is 14.4. The Morgan fingerprint density at radius 2 is 1.95 bits per heavy atom. The molecule has 2 aromatic rings. The second kappa shape index (κ2) is 6.44. The molecule has 0 spiro atoms. The highest BCUT2D eigenvalue weighted by Crippen LogP contribution is 2.26. The fraction of sp³-hybridized carbons (Fsp3) is 0.294. The molecular weight excluding hydrogens is 250 g/mol. The quantitative estimate of drug-likeness (QED) is 0.903. The second-order valence-corrected chi connectivity index (χ2v) is 4.97. The van der Waals surface area contributed by atoms with Crippen LogP contribution >= 0.6 is 0 Å². The van der Waals surface area contributed by atoms with Crippen molar-refractivity contribution in [2.24, 2.45) is 5.73 Å². The van der Waals surface area contributed by atoms with E-state index in [0.717, 1.165) is 28.2 Å². The summed E-state index contributed by atoms with van der Waals surface area (Å²) in [5.74, 6) is 1.69. The number of nitrogens with two attached hydrogens (primary N) is 1. The average Bonchev–Trinajstić information content (AvgIpc) is 2.45. The Bertz CT molecular complexity index is 579.